The summed E-state index contributed by atoms with van der Waals surface area (Å²) >= 11 is 0. The summed E-state index contributed by atoms with van der Waals surface area (Å²) in [7, 11) is 0. The van der Waals surface area contributed by atoms with Gasteiger partial charge in [-0.15, -0.1) is 0 Å². The number of nitrogens with one attached hydrogen (secondary N) is 1. The van der Waals surface area contributed by atoms with Crippen LogP contribution in [0.4, 0.5) is 0 Å². The molecule has 3 aromatic rings. The Hall–Kier alpha value is -2.94. The zero-order chi connectivity index (χ0) is 15.4. The molecule has 22 heavy (non-hydrogen) atoms. The van der Waals surface area contributed by atoms with E-state index in [1.807, 2.05) is 79.7 Å². The van der Waals surface area contributed by atoms with Crippen LogP contribution in [0.5, 0.6) is 0 Å². The van der Waals surface area contributed by atoms with E-state index >= 15 is 0 Å². The molecule has 108 valence electrons. The van der Waals surface area contributed by atoms with Crippen LogP contribution in [0.15, 0.2) is 77.9 Å². The van der Waals surface area contributed by atoms with E-state index in [2.05, 4.69) is 10.5 Å². The Kier molecular flexibility index (Phi) is 3.97. The van der Waals surface area contributed by atoms with Gasteiger partial charge in [0.1, 0.15) is 0 Å². The summed E-state index contributed by atoms with van der Waals surface area (Å²) in [4.78, 5) is 12.2. The molecule has 0 atom stereocenters. The van der Waals surface area contributed by atoms with Crippen LogP contribution in [0.2, 0.25) is 0 Å². The molecule has 0 unspecified atom stereocenters. The van der Waals surface area contributed by atoms with Crippen molar-refractivity contribution < 1.29 is 4.79 Å². The van der Waals surface area contributed by atoms with Crippen LogP contribution < -0.4 is 5.43 Å². The van der Waals surface area contributed by atoms with E-state index in [4.69, 9.17) is 0 Å². The minimum Gasteiger partial charge on any atom is -0.267 e. The van der Waals surface area contributed by atoms with Crippen molar-refractivity contribution in [1.82, 2.24) is 5.43 Å². The second kappa shape index (κ2) is 6.22. The lowest BCUT2D eigenvalue weighted by Crippen LogP contribution is -2.19. The highest BCUT2D eigenvalue weighted by Crippen LogP contribution is 2.15. The lowest BCUT2D eigenvalue weighted by atomic mass is 10.1. The third-order valence-corrected chi connectivity index (χ3v) is 3.53. The molecule has 0 heterocycles. The number of fused-ring (bicyclic) bond motifs is 1. The summed E-state index contributed by atoms with van der Waals surface area (Å²) in [6.45, 7) is 1.87. The molecule has 0 saturated heterocycles. The van der Waals surface area contributed by atoms with E-state index in [0.29, 0.717) is 5.56 Å². The van der Waals surface area contributed by atoms with Gasteiger partial charge < -0.3 is 0 Å². The molecule has 0 bridgehead atoms. The van der Waals surface area contributed by atoms with Gasteiger partial charge in [-0.3, -0.25) is 4.79 Å². The van der Waals surface area contributed by atoms with Gasteiger partial charge in [-0.05, 0) is 35.4 Å². The van der Waals surface area contributed by atoms with Crippen LogP contribution in [-0.2, 0) is 0 Å². The average molecular weight is 288 g/mol. The molecule has 0 spiro atoms. The highest BCUT2D eigenvalue weighted by atomic mass is 16.2. The molecule has 0 aliphatic rings. The fourth-order valence-electron chi connectivity index (χ4n) is 2.27. The molecular weight excluding hydrogens is 272 g/mol. The van der Waals surface area contributed by atoms with E-state index in [1.54, 1.807) is 0 Å². The largest absolute Gasteiger partial charge is 0.271 e. The molecule has 0 aromatic heterocycles. The third kappa shape index (κ3) is 3.04. The summed E-state index contributed by atoms with van der Waals surface area (Å²) in [5.74, 6) is -0.207. The molecule has 0 aliphatic heterocycles. The summed E-state index contributed by atoms with van der Waals surface area (Å²) in [5.41, 5.74) is 4.97. The van der Waals surface area contributed by atoms with Crippen molar-refractivity contribution in [3.8, 4) is 0 Å². The molecule has 0 radical (unpaired) electrons. The monoisotopic (exact) mass is 288 g/mol. The number of amides is 1. The Morgan fingerprint density at radius 3 is 2.27 bits per heavy atom. The maximum Gasteiger partial charge on any atom is 0.271 e. The Balaban J connectivity index is 1.78. The van der Waals surface area contributed by atoms with Crippen molar-refractivity contribution >= 4 is 22.4 Å². The molecule has 0 aliphatic carbocycles. The number of hydrazone groups is 1. The Morgan fingerprint density at radius 2 is 1.50 bits per heavy atom. The summed E-state index contributed by atoms with van der Waals surface area (Å²) in [5, 5.41) is 6.32. The lowest BCUT2D eigenvalue weighted by Gasteiger charge is -2.04. The Labute approximate surface area is 129 Å². The highest BCUT2D eigenvalue weighted by molar-refractivity contribution is 6.02. The van der Waals surface area contributed by atoms with Gasteiger partial charge in [-0.2, -0.15) is 5.10 Å². The summed E-state index contributed by atoms with van der Waals surface area (Å²) in [6, 6.07) is 23.3. The number of carbonyl (C=O) groups is 1. The lowest BCUT2D eigenvalue weighted by molar-refractivity contribution is 0.0955. The van der Waals surface area contributed by atoms with Crippen molar-refractivity contribution in [2.24, 2.45) is 5.10 Å². The van der Waals surface area contributed by atoms with Crippen LogP contribution in [-0.4, -0.2) is 11.6 Å². The van der Waals surface area contributed by atoms with Gasteiger partial charge in [-0.1, -0.05) is 60.7 Å². The van der Waals surface area contributed by atoms with Gasteiger partial charge in [0.05, 0.1) is 5.71 Å². The number of benzene rings is 3. The molecule has 1 N–H and O–H groups in total. The fourth-order valence-corrected chi connectivity index (χ4v) is 2.27. The van der Waals surface area contributed by atoms with Crippen molar-refractivity contribution in [3.63, 3.8) is 0 Å². The minimum absolute atomic E-state index is 0.207. The van der Waals surface area contributed by atoms with Crippen molar-refractivity contribution in [1.29, 1.82) is 0 Å². The maximum atomic E-state index is 12.2. The molecular formula is C19H16N2O. The quantitative estimate of drug-likeness (QED) is 0.574. The van der Waals surface area contributed by atoms with Gasteiger partial charge in [0.2, 0.25) is 0 Å². The van der Waals surface area contributed by atoms with Crippen LogP contribution in [0, 0.1) is 0 Å². The average Bonchev–Trinajstić information content (AvgIpc) is 2.59. The fraction of sp³-hybridized carbons (Fsp3) is 0.0526. The Morgan fingerprint density at radius 1 is 0.818 bits per heavy atom. The highest BCUT2D eigenvalue weighted by Gasteiger charge is 2.05. The molecule has 0 saturated carbocycles. The minimum atomic E-state index is -0.207. The summed E-state index contributed by atoms with van der Waals surface area (Å²) in [6.07, 6.45) is 0. The SMILES string of the molecule is C/C(=N\NC(=O)c1ccc2ccccc2c1)c1ccccc1. The van der Waals surface area contributed by atoms with Crippen molar-refractivity contribution in [2.75, 3.05) is 0 Å². The third-order valence-electron chi connectivity index (χ3n) is 3.53. The number of hydrogen-bond donors (Lipinski definition) is 1. The standard InChI is InChI=1S/C19H16N2O/c1-14(15-7-3-2-4-8-15)20-21-19(22)18-12-11-16-9-5-6-10-17(16)13-18/h2-13H,1H3,(H,21,22)/b20-14+. The van der Waals surface area contributed by atoms with Gasteiger partial charge >= 0.3 is 0 Å². The van der Waals surface area contributed by atoms with Crippen LogP contribution >= 0.6 is 0 Å². The number of carbonyl (C=O) groups excluding carboxylic acids is 1. The second-order valence-corrected chi connectivity index (χ2v) is 5.07. The van der Waals surface area contributed by atoms with Crippen LogP contribution in [0.3, 0.4) is 0 Å². The zero-order valence-corrected chi connectivity index (χ0v) is 12.3. The van der Waals surface area contributed by atoms with E-state index in [0.717, 1.165) is 22.0 Å². The predicted octanol–water partition coefficient (Wildman–Crippen LogP) is 3.99. The smallest absolute Gasteiger partial charge is 0.267 e. The first kappa shape index (κ1) is 14.0. The van der Waals surface area contributed by atoms with Crippen LogP contribution in [0.1, 0.15) is 22.8 Å². The number of nitrogens with zero attached hydrogens (tertiary/aromatic N) is 1. The van der Waals surface area contributed by atoms with E-state index in [9.17, 15) is 4.79 Å². The molecule has 3 nitrogen and oxygen atoms in total. The molecule has 3 aromatic carbocycles. The molecule has 1 amide bonds. The van der Waals surface area contributed by atoms with E-state index in [-0.39, 0.29) is 5.91 Å². The van der Waals surface area contributed by atoms with Crippen molar-refractivity contribution in [2.45, 2.75) is 6.92 Å². The van der Waals surface area contributed by atoms with Gasteiger partial charge in [0.25, 0.3) is 5.91 Å². The topological polar surface area (TPSA) is 41.5 Å². The normalized spacial score (nSPS) is 11.4. The van der Waals surface area contributed by atoms with Gasteiger partial charge in [0.15, 0.2) is 0 Å². The Bertz CT molecular complexity index is 838. The zero-order valence-electron chi connectivity index (χ0n) is 12.3. The molecule has 3 heteroatoms. The first-order valence-corrected chi connectivity index (χ1v) is 7.13. The van der Waals surface area contributed by atoms with Crippen molar-refractivity contribution in [3.05, 3.63) is 83.9 Å². The predicted molar refractivity (Wildman–Crippen MR) is 90.1 cm³/mol. The first-order chi connectivity index (χ1) is 10.7. The van der Waals surface area contributed by atoms with Gasteiger partial charge in [-0.25, -0.2) is 5.43 Å². The number of hydrogen-bond acceptors (Lipinski definition) is 2. The number of rotatable bonds is 3. The first-order valence-electron chi connectivity index (χ1n) is 7.13. The molecule has 0 fully saturated rings. The summed E-state index contributed by atoms with van der Waals surface area (Å²) < 4.78 is 0. The second-order valence-electron chi connectivity index (χ2n) is 5.07. The van der Waals surface area contributed by atoms with E-state index in [1.165, 1.54) is 0 Å². The van der Waals surface area contributed by atoms with Crippen LogP contribution in [0.25, 0.3) is 10.8 Å². The van der Waals surface area contributed by atoms with Gasteiger partial charge in [0, 0.05) is 5.56 Å². The molecule has 3 rings (SSSR count). The maximum absolute atomic E-state index is 12.2. The van der Waals surface area contributed by atoms with E-state index < -0.39 is 0 Å².